The standard InChI is InChI=1S/C12H15NO2S/c1-2-9-16(14,15)12-8-7-10-5-3-4-6-11(10)13-12/h2-6,12-13H,1,7-9H2. The van der Waals surface area contributed by atoms with Gasteiger partial charge < -0.3 is 5.32 Å². The Morgan fingerprint density at radius 3 is 2.94 bits per heavy atom. The monoisotopic (exact) mass is 237 g/mol. The second-order valence-corrected chi connectivity index (χ2v) is 6.18. The maximum Gasteiger partial charge on any atom is 0.174 e. The minimum Gasteiger partial charge on any atom is -0.369 e. The van der Waals surface area contributed by atoms with Crippen molar-refractivity contribution in [2.45, 2.75) is 18.2 Å². The van der Waals surface area contributed by atoms with Gasteiger partial charge in [-0.15, -0.1) is 6.58 Å². The molecule has 0 saturated heterocycles. The smallest absolute Gasteiger partial charge is 0.174 e. The van der Waals surface area contributed by atoms with Crippen molar-refractivity contribution in [2.75, 3.05) is 11.1 Å². The summed E-state index contributed by atoms with van der Waals surface area (Å²) >= 11 is 0. The Kier molecular flexibility index (Phi) is 3.01. The zero-order valence-corrected chi connectivity index (χ0v) is 9.83. The van der Waals surface area contributed by atoms with Crippen LogP contribution >= 0.6 is 0 Å². The van der Waals surface area contributed by atoms with E-state index in [-0.39, 0.29) is 5.75 Å². The van der Waals surface area contributed by atoms with Gasteiger partial charge in [0.15, 0.2) is 9.84 Å². The Labute approximate surface area is 96.1 Å². The van der Waals surface area contributed by atoms with Gasteiger partial charge in [0.2, 0.25) is 0 Å². The Balaban J connectivity index is 2.23. The van der Waals surface area contributed by atoms with Crippen molar-refractivity contribution in [3.05, 3.63) is 42.5 Å². The van der Waals surface area contributed by atoms with Crippen LogP contribution in [0.3, 0.4) is 0 Å². The van der Waals surface area contributed by atoms with Crippen LogP contribution in [0.25, 0.3) is 0 Å². The number of fused-ring (bicyclic) bond motifs is 1. The number of anilines is 1. The highest BCUT2D eigenvalue weighted by molar-refractivity contribution is 7.92. The lowest BCUT2D eigenvalue weighted by Gasteiger charge is -2.26. The van der Waals surface area contributed by atoms with E-state index < -0.39 is 15.2 Å². The van der Waals surface area contributed by atoms with Gasteiger partial charge in [0.25, 0.3) is 0 Å². The Morgan fingerprint density at radius 2 is 2.19 bits per heavy atom. The van der Waals surface area contributed by atoms with Crippen LogP contribution in [-0.4, -0.2) is 19.5 Å². The highest BCUT2D eigenvalue weighted by Gasteiger charge is 2.27. The second kappa shape index (κ2) is 4.29. The van der Waals surface area contributed by atoms with Crippen LogP contribution in [-0.2, 0) is 16.3 Å². The minimum absolute atomic E-state index is 0.0346. The van der Waals surface area contributed by atoms with Crippen molar-refractivity contribution >= 4 is 15.5 Å². The number of rotatable bonds is 3. The van der Waals surface area contributed by atoms with E-state index in [9.17, 15) is 8.42 Å². The first-order chi connectivity index (χ1) is 7.63. The Morgan fingerprint density at radius 1 is 1.44 bits per heavy atom. The van der Waals surface area contributed by atoms with Gasteiger partial charge in [0.1, 0.15) is 5.37 Å². The van der Waals surface area contributed by atoms with Gasteiger partial charge in [0, 0.05) is 5.69 Å². The third-order valence-corrected chi connectivity index (χ3v) is 4.71. The summed E-state index contributed by atoms with van der Waals surface area (Å²) in [4.78, 5) is 0. The molecule has 0 fully saturated rings. The van der Waals surface area contributed by atoms with Gasteiger partial charge >= 0.3 is 0 Å². The number of hydrogen-bond donors (Lipinski definition) is 1. The topological polar surface area (TPSA) is 46.2 Å². The lowest BCUT2D eigenvalue weighted by molar-refractivity contribution is 0.579. The molecule has 0 amide bonds. The molecule has 3 nitrogen and oxygen atoms in total. The summed E-state index contributed by atoms with van der Waals surface area (Å²) < 4.78 is 23.7. The molecule has 0 radical (unpaired) electrons. The molecule has 1 N–H and O–H groups in total. The van der Waals surface area contributed by atoms with Gasteiger partial charge in [-0.2, -0.15) is 0 Å². The number of hydrogen-bond acceptors (Lipinski definition) is 3. The van der Waals surface area contributed by atoms with E-state index in [2.05, 4.69) is 11.9 Å². The van der Waals surface area contributed by atoms with Crippen molar-refractivity contribution in [1.82, 2.24) is 0 Å². The first-order valence-electron chi connectivity index (χ1n) is 5.30. The number of nitrogens with one attached hydrogen (secondary N) is 1. The molecule has 0 bridgehead atoms. The first kappa shape index (κ1) is 11.2. The molecule has 1 aromatic rings. The molecule has 0 aromatic heterocycles. The Bertz CT molecular complexity index is 493. The van der Waals surface area contributed by atoms with Gasteiger partial charge in [-0.3, -0.25) is 0 Å². The molecular weight excluding hydrogens is 222 g/mol. The SMILES string of the molecule is C=CCS(=O)(=O)C1CCc2ccccc2N1. The number of para-hydroxylation sites is 1. The zero-order valence-electron chi connectivity index (χ0n) is 9.02. The molecule has 0 saturated carbocycles. The average Bonchev–Trinajstić information content (AvgIpc) is 2.28. The summed E-state index contributed by atoms with van der Waals surface area (Å²) in [6.07, 6.45) is 2.88. The minimum atomic E-state index is -3.11. The van der Waals surface area contributed by atoms with Crippen LogP contribution in [0.1, 0.15) is 12.0 Å². The predicted molar refractivity (Wildman–Crippen MR) is 66.2 cm³/mol. The van der Waals surface area contributed by atoms with Crippen molar-refractivity contribution < 1.29 is 8.42 Å². The number of aryl methyl sites for hydroxylation is 1. The third-order valence-electron chi connectivity index (χ3n) is 2.79. The molecule has 0 aliphatic carbocycles. The van der Waals surface area contributed by atoms with Gasteiger partial charge in [-0.1, -0.05) is 24.3 Å². The lowest BCUT2D eigenvalue weighted by atomic mass is 10.0. The molecule has 1 atom stereocenters. The Hall–Kier alpha value is -1.29. The van der Waals surface area contributed by atoms with Crippen molar-refractivity contribution in [2.24, 2.45) is 0 Å². The van der Waals surface area contributed by atoms with E-state index in [1.54, 1.807) is 0 Å². The number of sulfone groups is 1. The normalized spacial score (nSPS) is 19.6. The molecule has 1 heterocycles. The molecule has 4 heteroatoms. The average molecular weight is 237 g/mol. The van der Waals surface area contributed by atoms with Crippen LogP contribution in [0.5, 0.6) is 0 Å². The summed E-state index contributed by atoms with van der Waals surface area (Å²) in [7, 11) is -3.11. The van der Waals surface area contributed by atoms with E-state index in [0.29, 0.717) is 6.42 Å². The highest BCUT2D eigenvalue weighted by Crippen LogP contribution is 2.26. The van der Waals surface area contributed by atoms with Gasteiger partial charge in [-0.05, 0) is 24.5 Å². The van der Waals surface area contributed by atoms with E-state index in [0.717, 1.165) is 12.1 Å². The molecule has 1 aliphatic rings. The molecule has 1 unspecified atom stereocenters. The fraction of sp³-hybridized carbons (Fsp3) is 0.333. The predicted octanol–water partition coefficient (Wildman–Crippen LogP) is 1.97. The lowest BCUT2D eigenvalue weighted by Crippen LogP contribution is -2.34. The van der Waals surface area contributed by atoms with Crippen molar-refractivity contribution in [3.8, 4) is 0 Å². The van der Waals surface area contributed by atoms with Crippen molar-refractivity contribution in [1.29, 1.82) is 0 Å². The highest BCUT2D eigenvalue weighted by atomic mass is 32.2. The molecular formula is C12H15NO2S. The fourth-order valence-corrected chi connectivity index (χ4v) is 3.31. The quantitative estimate of drug-likeness (QED) is 0.818. The van der Waals surface area contributed by atoms with Crippen LogP contribution in [0.2, 0.25) is 0 Å². The van der Waals surface area contributed by atoms with E-state index in [1.165, 1.54) is 11.6 Å². The van der Waals surface area contributed by atoms with Crippen LogP contribution in [0, 0.1) is 0 Å². The van der Waals surface area contributed by atoms with Crippen molar-refractivity contribution in [3.63, 3.8) is 0 Å². The molecule has 16 heavy (non-hydrogen) atoms. The summed E-state index contributed by atoms with van der Waals surface area (Å²) in [5.74, 6) is 0.0346. The van der Waals surface area contributed by atoms with E-state index in [4.69, 9.17) is 0 Å². The van der Waals surface area contributed by atoms with E-state index >= 15 is 0 Å². The van der Waals surface area contributed by atoms with Crippen LogP contribution in [0.15, 0.2) is 36.9 Å². The second-order valence-electron chi connectivity index (χ2n) is 3.95. The van der Waals surface area contributed by atoms with Crippen LogP contribution in [0.4, 0.5) is 5.69 Å². The molecule has 86 valence electrons. The molecule has 1 aromatic carbocycles. The van der Waals surface area contributed by atoms with Gasteiger partial charge in [-0.25, -0.2) is 8.42 Å². The summed E-state index contributed by atoms with van der Waals surface area (Å²) in [6, 6.07) is 7.83. The zero-order chi connectivity index (χ0) is 11.6. The van der Waals surface area contributed by atoms with Gasteiger partial charge in [0.05, 0.1) is 5.75 Å². The summed E-state index contributed by atoms with van der Waals surface area (Å²) in [5, 5.41) is 2.61. The molecule has 1 aliphatic heterocycles. The fourth-order valence-electron chi connectivity index (χ4n) is 1.96. The summed E-state index contributed by atoms with van der Waals surface area (Å²) in [6.45, 7) is 3.48. The maximum atomic E-state index is 11.9. The third kappa shape index (κ3) is 2.11. The molecule has 0 spiro atoms. The number of benzene rings is 1. The summed E-state index contributed by atoms with van der Waals surface area (Å²) in [5.41, 5.74) is 2.12. The maximum absolute atomic E-state index is 11.9. The van der Waals surface area contributed by atoms with Crippen LogP contribution < -0.4 is 5.32 Å². The van der Waals surface area contributed by atoms with E-state index in [1.807, 2.05) is 24.3 Å². The largest absolute Gasteiger partial charge is 0.369 e. The first-order valence-corrected chi connectivity index (χ1v) is 7.02. The molecule has 2 rings (SSSR count).